The van der Waals surface area contributed by atoms with Crippen molar-refractivity contribution in [2.45, 2.75) is 6.92 Å². The molecule has 0 radical (unpaired) electrons. The molecule has 27 heavy (non-hydrogen) atoms. The molecule has 2 aromatic carbocycles. The summed E-state index contributed by atoms with van der Waals surface area (Å²) in [5.41, 5.74) is 1.78. The molecule has 1 aliphatic rings. The molecular formula is C21H18INO4. The van der Waals surface area contributed by atoms with Gasteiger partial charge in [0.2, 0.25) is 5.90 Å². The van der Waals surface area contributed by atoms with Crippen LogP contribution in [0.5, 0.6) is 11.5 Å². The lowest BCUT2D eigenvalue weighted by atomic mass is 10.1. The quantitative estimate of drug-likeness (QED) is 0.254. The Morgan fingerprint density at radius 2 is 2.00 bits per heavy atom. The first kappa shape index (κ1) is 19.2. The van der Waals surface area contributed by atoms with Crippen LogP contribution in [0.2, 0.25) is 0 Å². The molecule has 2 aromatic rings. The lowest BCUT2D eigenvalue weighted by molar-refractivity contribution is -0.129. The van der Waals surface area contributed by atoms with Crippen LogP contribution in [0, 0.1) is 3.57 Å². The highest BCUT2D eigenvalue weighted by molar-refractivity contribution is 14.1. The second-order valence-electron chi connectivity index (χ2n) is 5.56. The molecule has 3 rings (SSSR count). The maximum atomic E-state index is 12.2. The average Bonchev–Trinajstić information content (AvgIpc) is 3.03. The fourth-order valence-electron chi connectivity index (χ4n) is 2.49. The van der Waals surface area contributed by atoms with Gasteiger partial charge in [-0.05, 0) is 65.4 Å². The zero-order chi connectivity index (χ0) is 19.2. The lowest BCUT2D eigenvalue weighted by Crippen LogP contribution is -2.05. The van der Waals surface area contributed by atoms with Crippen LogP contribution in [0.3, 0.4) is 0 Å². The van der Waals surface area contributed by atoms with E-state index in [0.717, 1.165) is 14.7 Å². The van der Waals surface area contributed by atoms with Gasteiger partial charge in [-0.1, -0.05) is 30.9 Å². The number of carbonyl (C=O) groups is 1. The van der Waals surface area contributed by atoms with Gasteiger partial charge in [-0.3, -0.25) is 0 Å². The summed E-state index contributed by atoms with van der Waals surface area (Å²) in [6.45, 7) is 6.45. The Balaban J connectivity index is 1.95. The second kappa shape index (κ2) is 8.85. The molecule has 138 valence electrons. The van der Waals surface area contributed by atoms with Crippen LogP contribution in [0.1, 0.15) is 18.1 Å². The third-order valence-corrected chi connectivity index (χ3v) is 4.42. The summed E-state index contributed by atoms with van der Waals surface area (Å²) in [4.78, 5) is 16.5. The van der Waals surface area contributed by atoms with Crippen LogP contribution in [0.25, 0.3) is 6.08 Å². The van der Waals surface area contributed by atoms with E-state index in [9.17, 15) is 4.79 Å². The summed E-state index contributed by atoms with van der Waals surface area (Å²) >= 11 is 2.18. The number of rotatable bonds is 7. The van der Waals surface area contributed by atoms with Gasteiger partial charge in [0, 0.05) is 5.56 Å². The Kier molecular flexibility index (Phi) is 6.28. The molecule has 5 nitrogen and oxygen atoms in total. The molecule has 1 heterocycles. The number of hydrogen-bond acceptors (Lipinski definition) is 5. The van der Waals surface area contributed by atoms with E-state index in [1.165, 1.54) is 0 Å². The molecule has 0 unspecified atom stereocenters. The van der Waals surface area contributed by atoms with Crippen LogP contribution < -0.4 is 9.47 Å². The minimum Gasteiger partial charge on any atom is -0.490 e. The highest BCUT2D eigenvalue weighted by atomic mass is 127. The number of nitrogens with zero attached hydrogens (tertiary/aromatic N) is 1. The number of carbonyl (C=O) groups excluding carboxylic acids is 1. The molecule has 0 aliphatic carbocycles. The minimum atomic E-state index is -0.478. The number of halogens is 1. The van der Waals surface area contributed by atoms with Crippen LogP contribution >= 0.6 is 22.6 Å². The Bertz CT molecular complexity index is 919. The first-order valence-corrected chi connectivity index (χ1v) is 9.48. The Labute approximate surface area is 171 Å². The van der Waals surface area contributed by atoms with Crippen molar-refractivity contribution in [1.82, 2.24) is 0 Å². The Morgan fingerprint density at radius 3 is 2.70 bits per heavy atom. The molecule has 0 fully saturated rings. The fraction of sp³-hybridized carbons (Fsp3) is 0.143. The first-order chi connectivity index (χ1) is 13.1. The van der Waals surface area contributed by atoms with E-state index in [-0.39, 0.29) is 5.70 Å². The molecule has 0 spiro atoms. The SMILES string of the molecule is C=CCOc1c(I)cc(/C=C2\N=C(c3ccccc3)OC2=O)cc1OCC. The van der Waals surface area contributed by atoms with Crippen molar-refractivity contribution in [2.24, 2.45) is 4.99 Å². The summed E-state index contributed by atoms with van der Waals surface area (Å²) in [6.07, 6.45) is 3.36. The molecule has 0 aromatic heterocycles. The molecule has 6 heteroatoms. The zero-order valence-electron chi connectivity index (χ0n) is 14.8. The van der Waals surface area contributed by atoms with Gasteiger partial charge in [-0.2, -0.15) is 0 Å². The summed E-state index contributed by atoms with van der Waals surface area (Å²) in [6, 6.07) is 13.0. The highest BCUT2D eigenvalue weighted by Crippen LogP contribution is 2.35. The molecule has 0 amide bonds. The van der Waals surface area contributed by atoms with Crippen molar-refractivity contribution in [3.63, 3.8) is 0 Å². The Hall–Kier alpha value is -2.61. The largest absolute Gasteiger partial charge is 0.490 e. The predicted molar refractivity (Wildman–Crippen MR) is 113 cm³/mol. The van der Waals surface area contributed by atoms with Crippen molar-refractivity contribution in [3.8, 4) is 11.5 Å². The van der Waals surface area contributed by atoms with Crippen LogP contribution in [0.15, 0.2) is 65.8 Å². The van der Waals surface area contributed by atoms with Crippen molar-refractivity contribution in [2.75, 3.05) is 13.2 Å². The van der Waals surface area contributed by atoms with E-state index >= 15 is 0 Å². The maximum absolute atomic E-state index is 12.2. The molecule has 0 N–H and O–H groups in total. The van der Waals surface area contributed by atoms with Gasteiger partial charge >= 0.3 is 5.97 Å². The summed E-state index contributed by atoms with van der Waals surface area (Å²) in [5, 5.41) is 0. The lowest BCUT2D eigenvalue weighted by Gasteiger charge is -2.13. The van der Waals surface area contributed by atoms with E-state index < -0.39 is 5.97 Å². The fourth-order valence-corrected chi connectivity index (χ4v) is 3.27. The maximum Gasteiger partial charge on any atom is 0.363 e. The molecule has 0 bridgehead atoms. The smallest absolute Gasteiger partial charge is 0.363 e. The van der Waals surface area contributed by atoms with Gasteiger partial charge in [-0.25, -0.2) is 9.79 Å². The van der Waals surface area contributed by atoms with Crippen molar-refractivity contribution in [3.05, 3.63) is 75.5 Å². The zero-order valence-corrected chi connectivity index (χ0v) is 16.9. The van der Waals surface area contributed by atoms with Crippen molar-refractivity contribution in [1.29, 1.82) is 0 Å². The number of cyclic esters (lactones) is 1. The van der Waals surface area contributed by atoms with E-state index in [0.29, 0.717) is 30.6 Å². The highest BCUT2D eigenvalue weighted by Gasteiger charge is 2.24. The van der Waals surface area contributed by atoms with Gasteiger partial charge in [0.15, 0.2) is 17.2 Å². The third kappa shape index (κ3) is 4.57. The van der Waals surface area contributed by atoms with Crippen molar-refractivity contribution < 1.29 is 19.0 Å². The standard InChI is InChI=1S/C21H18INO4/c1-3-10-26-19-16(22)11-14(13-18(19)25-4-2)12-17-21(24)27-20(23-17)15-8-6-5-7-9-15/h3,5-9,11-13H,1,4,10H2,2H3/b17-12-. The number of hydrogen-bond donors (Lipinski definition) is 0. The van der Waals surface area contributed by atoms with Crippen LogP contribution in [-0.2, 0) is 9.53 Å². The van der Waals surface area contributed by atoms with Gasteiger partial charge in [0.25, 0.3) is 0 Å². The molecule has 0 saturated carbocycles. The molecule has 0 saturated heterocycles. The van der Waals surface area contributed by atoms with Gasteiger partial charge in [-0.15, -0.1) is 0 Å². The summed E-state index contributed by atoms with van der Waals surface area (Å²) in [7, 11) is 0. The van der Waals surface area contributed by atoms with Gasteiger partial charge in [0.05, 0.1) is 10.2 Å². The monoisotopic (exact) mass is 475 g/mol. The van der Waals surface area contributed by atoms with Gasteiger partial charge < -0.3 is 14.2 Å². The number of ether oxygens (including phenoxy) is 3. The topological polar surface area (TPSA) is 57.1 Å². The van der Waals surface area contributed by atoms with Crippen molar-refractivity contribution >= 4 is 40.5 Å². The third-order valence-electron chi connectivity index (χ3n) is 3.62. The Morgan fingerprint density at radius 1 is 1.22 bits per heavy atom. The normalized spacial score (nSPS) is 14.7. The second-order valence-corrected chi connectivity index (χ2v) is 6.73. The van der Waals surface area contributed by atoms with E-state index in [1.807, 2.05) is 49.4 Å². The van der Waals surface area contributed by atoms with E-state index in [2.05, 4.69) is 34.2 Å². The predicted octanol–water partition coefficient (Wildman–Crippen LogP) is 4.60. The number of aliphatic imine (C=N–C) groups is 1. The van der Waals surface area contributed by atoms with E-state index in [1.54, 1.807) is 12.2 Å². The first-order valence-electron chi connectivity index (χ1n) is 8.40. The molecular weight excluding hydrogens is 457 g/mol. The number of esters is 1. The number of benzene rings is 2. The van der Waals surface area contributed by atoms with Crippen LogP contribution in [0.4, 0.5) is 0 Å². The van der Waals surface area contributed by atoms with Gasteiger partial charge in [0.1, 0.15) is 6.61 Å². The summed E-state index contributed by atoms with van der Waals surface area (Å²) < 4.78 is 17.5. The summed E-state index contributed by atoms with van der Waals surface area (Å²) in [5.74, 6) is 1.09. The minimum absolute atomic E-state index is 0.242. The average molecular weight is 475 g/mol. The molecule has 0 atom stereocenters. The van der Waals surface area contributed by atoms with Crippen LogP contribution in [-0.4, -0.2) is 25.1 Å². The van der Waals surface area contributed by atoms with E-state index in [4.69, 9.17) is 14.2 Å². The molecule has 1 aliphatic heterocycles.